The summed E-state index contributed by atoms with van der Waals surface area (Å²) in [5.41, 5.74) is 0.154. The zero-order valence-electron chi connectivity index (χ0n) is 10.7. The van der Waals surface area contributed by atoms with Crippen molar-refractivity contribution in [3.8, 4) is 0 Å². The Morgan fingerprint density at radius 2 is 2.11 bits per heavy atom. The Balaban J connectivity index is 2.89. The van der Waals surface area contributed by atoms with E-state index in [-0.39, 0.29) is 17.1 Å². The largest absolute Gasteiger partial charge is 0.481 e. The van der Waals surface area contributed by atoms with E-state index in [0.717, 1.165) is 6.07 Å². The Morgan fingerprint density at radius 3 is 2.58 bits per heavy atom. The topological polar surface area (TPSA) is 57.6 Å². The third kappa shape index (κ3) is 3.92. The summed E-state index contributed by atoms with van der Waals surface area (Å²) >= 11 is 5.55. The van der Waals surface area contributed by atoms with E-state index in [1.54, 1.807) is 6.92 Å². The molecule has 1 amide bonds. The Morgan fingerprint density at radius 1 is 1.47 bits per heavy atom. The number of amides is 1. The van der Waals surface area contributed by atoms with Crippen LogP contribution < -0.4 is 0 Å². The molecule has 0 aliphatic rings. The van der Waals surface area contributed by atoms with Gasteiger partial charge in [-0.1, -0.05) is 18.5 Å². The number of rotatable bonds is 5. The van der Waals surface area contributed by atoms with Crippen LogP contribution in [0.1, 0.15) is 24.2 Å². The van der Waals surface area contributed by atoms with Crippen LogP contribution in [0.5, 0.6) is 0 Å². The highest BCUT2D eigenvalue weighted by molar-refractivity contribution is 6.30. The first-order chi connectivity index (χ1) is 8.86. The summed E-state index contributed by atoms with van der Waals surface area (Å²) in [5.74, 6) is -2.74. The minimum Gasteiger partial charge on any atom is -0.481 e. The van der Waals surface area contributed by atoms with E-state index in [9.17, 15) is 14.0 Å². The maximum atomic E-state index is 13.3. The van der Waals surface area contributed by atoms with E-state index in [2.05, 4.69) is 0 Å². The number of nitrogens with zero attached hydrogens (tertiary/aromatic N) is 1. The number of carboxylic acids is 1. The van der Waals surface area contributed by atoms with Gasteiger partial charge in [0.25, 0.3) is 5.91 Å². The van der Waals surface area contributed by atoms with Crippen molar-refractivity contribution >= 4 is 23.5 Å². The first-order valence-corrected chi connectivity index (χ1v) is 6.21. The Hall–Kier alpha value is -1.62. The lowest BCUT2D eigenvalue weighted by Gasteiger charge is -2.23. The molecule has 1 unspecified atom stereocenters. The van der Waals surface area contributed by atoms with Gasteiger partial charge in [-0.2, -0.15) is 0 Å². The number of carbonyl (C=O) groups is 2. The molecule has 1 rings (SSSR count). The standard InChI is InChI=1S/C13H15ClFNO3/c1-3-16(7-8(2)13(18)19)12(17)9-4-5-10(14)11(15)6-9/h4-6,8H,3,7H2,1-2H3,(H,18,19). The zero-order valence-corrected chi connectivity index (χ0v) is 11.4. The first kappa shape index (κ1) is 15.4. The van der Waals surface area contributed by atoms with Crippen molar-refractivity contribution in [3.63, 3.8) is 0 Å². The third-order valence-corrected chi connectivity index (χ3v) is 3.06. The maximum absolute atomic E-state index is 13.3. The van der Waals surface area contributed by atoms with Gasteiger partial charge in [-0.05, 0) is 25.1 Å². The Labute approximate surface area is 115 Å². The first-order valence-electron chi connectivity index (χ1n) is 5.84. The quantitative estimate of drug-likeness (QED) is 0.906. The number of carboxylic acid groups (broad SMARTS) is 1. The molecule has 6 heteroatoms. The minimum atomic E-state index is -0.978. The van der Waals surface area contributed by atoms with Gasteiger partial charge in [0, 0.05) is 18.7 Å². The summed E-state index contributed by atoms with van der Waals surface area (Å²) < 4.78 is 13.3. The van der Waals surface area contributed by atoms with E-state index in [4.69, 9.17) is 16.7 Å². The summed E-state index contributed by atoms with van der Waals surface area (Å²) in [4.78, 5) is 24.3. The van der Waals surface area contributed by atoms with Gasteiger partial charge in [-0.3, -0.25) is 9.59 Å². The molecule has 1 aromatic carbocycles. The van der Waals surface area contributed by atoms with E-state index < -0.39 is 23.6 Å². The van der Waals surface area contributed by atoms with E-state index in [0.29, 0.717) is 6.54 Å². The predicted octanol–water partition coefficient (Wildman–Crippen LogP) is 2.66. The molecule has 0 fully saturated rings. The lowest BCUT2D eigenvalue weighted by Crippen LogP contribution is -2.36. The predicted molar refractivity (Wildman–Crippen MR) is 69.8 cm³/mol. The normalized spacial score (nSPS) is 12.0. The van der Waals surface area contributed by atoms with Crippen molar-refractivity contribution in [1.29, 1.82) is 0 Å². The highest BCUT2D eigenvalue weighted by Crippen LogP contribution is 2.17. The van der Waals surface area contributed by atoms with Gasteiger partial charge in [0.15, 0.2) is 0 Å². The average Bonchev–Trinajstić information content (AvgIpc) is 2.37. The molecule has 0 aliphatic carbocycles. The molecule has 1 N–H and O–H groups in total. The molecular weight excluding hydrogens is 273 g/mol. The maximum Gasteiger partial charge on any atom is 0.308 e. The fraction of sp³-hybridized carbons (Fsp3) is 0.385. The molecule has 0 radical (unpaired) electrons. The summed E-state index contributed by atoms with van der Waals surface area (Å²) in [5, 5.41) is 8.79. The van der Waals surface area contributed by atoms with Gasteiger partial charge >= 0.3 is 5.97 Å². The summed E-state index contributed by atoms with van der Waals surface area (Å²) in [6, 6.07) is 3.78. The molecule has 4 nitrogen and oxygen atoms in total. The molecule has 0 saturated carbocycles. The van der Waals surface area contributed by atoms with Crippen LogP contribution in [0.3, 0.4) is 0 Å². The van der Waals surface area contributed by atoms with Crippen LogP contribution in [0.4, 0.5) is 4.39 Å². The Bertz CT molecular complexity index is 493. The molecule has 0 heterocycles. The van der Waals surface area contributed by atoms with Gasteiger partial charge in [0.2, 0.25) is 0 Å². The van der Waals surface area contributed by atoms with Gasteiger partial charge in [-0.15, -0.1) is 0 Å². The molecule has 0 bridgehead atoms. The second-order valence-corrected chi connectivity index (χ2v) is 4.62. The molecule has 0 spiro atoms. The lowest BCUT2D eigenvalue weighted by atomic mass is 10.1. The van der Waals surface area contributed by atoms with Gasteiger partial charge < -0.3 is 10.0 Å². The third-order valence-electron chi connectivity index (χ3n) is 2.75. The molecule has 1 atom stereocenters. The minimum absolute atomic E-state index is 0.0569. The van der Waals surface area contributed by atoms with Crippen LogP contribution in [-0.2, 0) is 4.79 Å². The van der Waals surface area contributed by atoms with E-state index in [1.807, 2.05) is 0 Å². The monoisotopic (exact) mass is 287 g/mol. The molecule has 0 saturated heterocycles. The molecule has 0 aromatic heterocycles. The summed E-state index contributed by atoms with van der Waals surface area (Å²) in [7, 11) is 0. The fourth-order valence-corrected chi connectivity index (χ4v) is 1.69. The smallest absolute Gasteiger partial charge is 0.308 e. The van der Waals surface area contributed by atoms with Crippen molar-refractivity contribution in [2.75, 3.05) is 13.1 Å². The van der Waals surface area contributed by atoms with Crippen molar-refractivity contribution in [1.82, 2.24) is 4.90 Å². The second kappa shape index (κ2) is 6.52. The number of carbonyl (C=O) groups excluding carboxylic acids is 1. The fourth-order valence-electron chi connectivity index (χ4n) is 1.58. The number of hydrogen-bond donors (Lipinski definition) is 1. The number of aliphatic carboxylic acids is 1. The van der Waals surface area contributed by atoms with Crippen LogP contribution in [0, 0.1) is 11.7 Å². The number of halogens is 2. The molecule has 0 aliphatic heterocycles. The van der Waals surface area contributed by atoms with Crippen LogP contribution in [0.15, 0.2) is 18.2 Å². The summed E-state index contributed by atoms with van der Waals surface area (Å²) in [6.45, 7) is 3.68. The van der Waals surface area contributed by atoms with Crippen LogP contribution >= 0.6 is 11.6 Å². The highest BCUT2D eigenvalue weighted by atomic mass is 35.5. The van der Waals surface area contributed by atoms with E-state index >= 15 is 0 Å². The molecule has 1 aromatic rings. The number of hydrogen-bond acceptors (Lipinski definition) is 2. The second-order valence-electron chi connectivity index (χ2n) is 4.21. The Kier molecular flexibility index (Phi) is 5.30. The van der Waals surface area contributed by atoms with Crippen LogP contribution in [0.25, 0.3) is 0 Å². The van der Waals surface area contributed by atoms with Crippen LogP contribution in [0.2, 0.25) is 5.02 Å². The van der Waals surface area contributed by atoms with Gasteiger partial charge in [0.1, 0.15) is 5.82 Å². The lowest BCUT2D eigenvalue weighted by molar-refractivity contribution is -0.141. The molecular formula is C13H15ClFNO3. The van der Waals surface area contributed by atoms with Crippen LogP contribution in [-0.4, -0.2) is 35.0 Å². The van der Waals surface area contributed by atoms with Crippen molar-refractivity contribution in [3.05, 3.63) is 34.6 Å². The van der Waals surface area contributed by atoms with Gasteiger partial charge in [-0.25, -0.2) is 4.39 Å². The molecule has 104 valence electrons. The highest BCUT2D eigenvalue weighted by Gasteiger charge is 2.21. The number of benzene rings is 1. The van der Waals surface area contributed by atoms with E-state index in [1.165, 1.54) is 24.0 Å². The van der Waals surface area contributed by atoms with Crippen molar-refractivity contribution in [2.45, 2.75) is 13.8 Å². The molecule has 19 heavy (non-hydrogen) atoms. The SMILES string of the molecule is CCN(CC(C)C(=O)O)C(=O)c1ccc(Cl)c(F)c1. The van der Waals surface area contributed by atoms with Gasteiger partial charge in [0.05, 0.1) is 10.9 Å². The summed E-state index contributed by atoms with van der Waals surface area (Å²) in [6.07, 6.45) is 0. The zero-order chi connectivity index (χ0) is 14.6. The van der Waals surface area contributed by atoms with Crippen molar-refractivity contribution < 1.29 is 19.1 Å². The average molecular weight is 288 g/mol. The van der Waals surface area contributed by atoms with Crippen molar-refractivity contribution in [2.24, 2.45) is 5.92 Å².